The minimum atomic E-state index is -1.87. The van der Waals surface area contributed by atoms with Crippen molar-refractivity contribution in [3.05, 3.63) is 64.9 Å². The number of hydrogen-bond acceptors (Lipinski definition) is 4. The normalized spacial score (nSPS) is 15.5. The molecule has 1 atom stereocenters. The van der Waals surface area contributed by atoms with Gasteiger partial charge in [-0.15, -0.1) is 0 Å². The molecule has 0 aliphatic carbocycles. The van der Waals surface area contributed by atoms with E-state index in [2.05, 4.69) is 74.9 Å². The second-order valence-corrected chi connectivity index (χ2v) is 14.8. The molecule has 1 aromatic carbocycles. The third-order valence-electron chi connectivity index (χ3n) is 6.05. The molecule has 1 unspecified atom stereocenters. The molecule has 0 amide bonds. The van der Waals surface area contributed by atoms with Gasteiger partial charge in [-0.2, -0.15) is 0 Å². The summed E-state index contributed by atoms with van der Waals surface area (Å²) in [6, 6.07) is 14.5. The fourth-order valence-electron chi connectivity index (χ4n) is 3.08. The number of aromatic nitrogens is 1. The number of nitrogens with zero attached hydrogens (tertiary/aromatic N) is 2. The van der Waals surface area contributed by atoms with Gasteiger partial charge in [0.1, 0.15) is 5.15 Å². The summed E-state index contributed by atoms with van der Waals surface area (Å²) in [7, 11) is -1.87. The van der Waals surface area contributed by atoms with E-state index in [1.54, 1.807) is 6.20 Å². The number of hydrogen-bond donors (Lipinski definition) is 0. The Morgan fingerprint density at radius 3 is 2.23 bits per heavy atom. The molecule has 2 aromatic rings. The number of pyridine rings is 1. The van der Waals surface area contributed by atoms with Crippen LogP contribution in [-0.4, -0.2) is 37.6 Å². The van der Waals surface area contributed by atoms with Crippen molar-refractivity contribution >= 4 is 19.9 Å². The van der Waals surface area contributed by atoms with E-state index in [0.29, 0.717) is 11.7 Å². The van der Waals surface area contributed by atoms with Gasteiger partial charge in [0.15, 0.2) is 8.32 Å². The molecule has 172 valence electrons. The summed E-state index contributed by atoms with van der Waals surface area (Å²) >= 11 is 6.31. The first-order chi connectivity index (χ1) is 14.6. The zero-order valence-corrected chi connectivity index (χ0v) is 21.8. The monoisotopic (exact) mass is 462 g/mol. The first kappa shape index (κ1) is 26.0. The third kappa shape index (κ3) is 8.66. The lowest BCUT2D eigenvalue weighted by molar-refractivity contribution is 0.0161. The quantitative estimate of drug-likeness (QED) is 0.254. The molecule has 0 N–H and O–H groups in total. The van der Waals surface area contributed by atoms with Crippen LogP contribution in [0.1, 0.15) is 51.7 Å². The summed E-state index contributed by atoms with van der Waals surface area (Å²) in [5.74, 6) is 0. The van der Waals surface area contributed by atoms with Crippen molar-refractivity contribution in [1.29, 1.82) is 0 Å². The van der Waals surface area contributed by atoms with Crippen LogP contribution in [0, 0.1) is 0 Å². The highest BCUT2D eigenvalue weighted by Crippen LogP contribution is 2.38. The SMILES string of the molecule is C1CCOC1.CC(O[Si](C)(C)C(C)(C)C)N(Cc1ccccc1)Cc1cccnc1Cl. The van der Waals surface area contributed by atoms with E-state index in [1.165, 1.54) is 18.4 Å². The van der Waals surface area contributed by atoms with Gasteiger partial charge >= 0.3 is 0 Å². The minimum Gasteiger partial charge on any atom is -0.402 e. The fraction of sp³-hybridized carbons (Fsp3) is 0.560. The Kier molecular flexibility index (Phi) is 10.2. The van der Waals surface area contributed by atoms with E-state index in [9.17, 15) is 0 Å². The van der Waals surface area contributed by atoms with Gasteiger partial charge in [-0.1, -0.05) is 68.8 Å². The van der Waals surface area contributed by atoms with Crippen molar-refractivity contribution in [3.63, 3.8) is 0 Å². The Morgan fingerprint density at radius 2 is 1.71 bits per heavy atom. The van der Waals surface area contributed by atoms with Crippen molar-refractivity contribution < 1.29 is 9.16 Å². The predicted octanol–water partition coefficient (Wildman–Crippen LogP) is 6.90. The summed E-state index contributed by atoms with van der Waals surface area (Å²) in [5, 5.41) is 0.733. The van der Waals surface area contributed by atoms with Crippen LogP contribution in [0.4, 0.5) is 0 Å². The highest BCUT2D eigenvalue weighted by molar-refractivity contribution is 6.74. The van der Waals surface area contributed by atoms with E-state index < -0.39 is 8.32 Å². The van der Waals surface area contributed by atoms with Crippen LogP contribution in [0.15, 0.2) is 48.7 Å². The Bertz CT molecular complexity index is 769. The molecule has 2 heterocycles. The summed E-state index contributed by atoms with van der Waals surface area (Å²) in [4.78, 5) is 6.55. The minimum absolute atomic E-state index is 0.00706. The average Bonchev–Trinajstić information content (AvgIpc) is 3.29. The van der Waals surface area contributed by atoms with E-state index >= 15 is 0 Å². The molecule has 1 aliphatic heterocycles. The number of rotatable bonds is 7. The molecular formula is C25H39ClN2O2Si. The lowest BCUT2D eigenvalue weighted by Gasteiger charge is -2.41. The largest absolute Gasteiger partial charge is 0.402 e. The molecule has 0 bridgehead atoms. The van der Waals surface area contributed by atoms with Crippen molar-refractivity contribution in [1.82, 2.24) is 9.88 Å². The topological polar surface area (TPSA) is 34.6 Å². The van der Waals surface area contributed by atoms with E-state index in [-0.39, 0.29) is 11.3 Å². The molecule has 0 spiro atoms. The van der Waals surface area contributed by atoms with Gasteiger partial charge < -0.3 is 9.16 Å². The average molecular weight is 463 g/mol. The number of halogens is 1. The smallest absolute Gasteiger partial charge is 0.194 e. The van der Waals surface area contributed by atoms with Gasteiger partial charge in [0.25, 0.3) is 0 Å². The lowest BCUT2D eigenvalue weighted by atomic mass is 10.2. The maximum absolute atomic E-state index is 6.65. The zero-order chi connectivity index (χ0) is 22.9. The molecule has 1 aliphatic rings. The Balaban J connectivity index is 0.000000597. The van der Waals surface area contributed by atoms with Gasteiger partial charge in [0.05, 0.1) is 6.23 Å². The molecule has 4 nitrogen and oxygen atoms in total. The van der Waals surface area contributed by atoms with Crippen LogP contribution in [-0.2, 0) is 22.3 Å². The van der Waals surface area contributed by atoms with Crippen molar-refractivity contribution in [3.8, 4) is 0 Å². The highest BCUT2D eigenvalue weighted by atomic mass is 35.5. The summed E-state index contributed by atoms with van der Waals surface area (Å²) in [6.45, 7) is 17.1. The fourth-order valence-corrected chi connectivity index (χ4v) is 4.61. The van der Waals surface area contributed by atoms with Crippen LogP contribution in [0.25, 0.3) is 0 Å². The van der Waals surface area contributed by atoms with E-state index in [1.807, 2.05) is 18.2 Å². The molecule has 6 heteroatoms. The first-order valence-corrected chi connectivity index (χ1v) is 14.5. The van der Waals surface area contributed by atoms with Gasteiger partial charge in [-0.05, 0) is 49.5 Å². The summed E-state index contributed by atoms with van der Waals surface area (Å²) in [6.07, 6.45) is 4.27. The molecule has 3 rings (SSSR count). The van der Waals surface area contributed by atoms with Crippen LogP contribution in [0.2, 0.25) is 23.3 Å². The van der Waals surface area contributed by atoms with Gasteiger partial charge in [0, 0.05) is 38.1 Å². The molecule has 0 radical (unpaired) electrons. The van der Waals surface area contributed by atoms with E-state index in [0.717, 1.165) is 25.3 Å². The van der Waals surface area contributed by atoms with Crippen molar-refractivity contribution in [2.45, 2.75) is 78.0 Å². The van der Waals surface area contributed by atoms with Crippen molar-refractivity contribution in [2.24, 2.45) is 0 Å². The molecule has 31 heavy (non-hydrogen) atoms. The van der Waals surface area contributed by atoms with Crippen molar-refractivity contribution in [2.75, 3.05) is 13.2 Å². The maximum atomic E-state index is 6.65. The van der Waals surface area contributed by atoms with Crippen LogP contribution >= 0.6 is 11.6 Å². The second-order valence-electron chi connectivity index (χ2n) is 9.64. The second kappa shape index (κ2) is 12.1. The predicted molar refractivity (Wildman–Crippen MR) is 133 cm³/mol. The summed E-state index contributed by atoms with van der Waals surface area (Å²) < 4.78 is 11.6. The highest BCUT2D eigenvalue weighted by Gasteiger charge is 2.39. The maximum Gasteiger partial charge on any atom is 0.194 e. The molecule has 1 aromatic heterocycles. The van der Waals surface area contributed by atoms with Gasteiger partial charge in [-0.3, -0.25) is 4.90 Å². The van der Waals surface area contributed by atoms with Crippen LogP contribution in [0.3, 0.4) is 0 Å². The molecular weight excluding hydrogens is 424 g/mol. The zero-order valence-electron chi connectivity index (χ0n) is 20.0. The number of benzene rings is 1. The third-order valence-corrected chi connectivity index (χ3v) is 10.9. The van der Waals surface area contributed by atoms with Gasteiger partial charge in [0.2, 0.25) is 0 Å². The van der Waals surface area contributed by atoms with E-state index in [4.69, 9.17) is 20.8 Å². The van der Waals surface area contributed by atoms with Gasteiger partial charge in [-0.25, -0.2) is 4.98 Å². The summed E-state index contributed by atoms with van der Waals surface area (Å²) in [5.41, 5.74) is 2.29. The Labute approximate surface area is 195 Å². The first-order valence-electron chi connectivity index (χ1n) is 11.2. The molecule has 1 fully saturated rings. The Hall–Kier alpha value is -1.24. The van der Waals surface area contributed by atoms with Crippen LogP contribution in [0.5, 0.6) is 0 Å². The molecule has 0 saturated carbocycles. The molecule has 1 saturated heterocycles. The lowest BCUT2D eigenvalue weighted by Crippen LogP contribution is -2.48. The standard InChI is InChI=1S/C21H31ClN2OSi.C4H8O/c1-17(25-26(5,6)21(2,3)4)24(15-18-11-8-7-9-12-18)16-19-13-10-14-23-20(19)22;1-2-4-5-3-1/h7-14,17H,15-16H2,1-6H3;1-4H2. The number of ether oxygens (including phenoxy) is 1. The van der Waals surface area contributed by atoms with Crippen LogP contribution < -0.4 is 0 Å². The Morgan fingerprint density at radius 1 is 1.06 bits per heavy atom.